The van der Waals surface area contributed by atoms with Crippen molar-refractivity contribution in [1.29, 1.82) is 0 Å². The third-order valence-electron chi connectivity index (χ3n) is 5.13. The molecule has 1 aromatic heterocycles. The summed E-state index contributed by atoms with van der Waals surface area (Å²) < 4.78 is 22.1. The Bertz CT molecular complexity index is 873. The summed E-state index contributed by atoms with van der Waals surface area (Å²) in [5, 5.41) is 26.9. The molecule has 1 amide bonds. The minimum absolute atomic E-state index is 0.141. The molecule has 8 heteroatoms. The number of benzene rings is 1. The third kappa shape index (κ3) is 2.70. The van der Waals surface area contributed by atoms with Gasteiger partial charge >= 0.3 is 0 Å². The predicted molar refractivity (Wildman–Crippen MR) is 88.6 cm³/mol. The van der Waals surface area contributed by atoms with Crippen LogP contribution in [0.2, 0.25) is 0 Å². The summed E-state index contributed by atoms with van der Waals surface area (Å²) >= 11 is 0. The highest BCUT2D eigenvalue weighted by Crippen LogP contribution is 2.38. The Labute approximate surface area is 149 Å². The molecule has 2 aliphatic rings. The van der Waals surface area contributed by atoms with Crippen LogP contribution in [-0.2, 0) is 17.4 Å². The normalized spacial score (nSPS) is 26.8. The zero-order valence-corrected chi connectivity index (χ0v) is 14.4. The molecule has 7 nitrogen and oxygen atoms in total. The van der Waals surface area contributed by atoms with Gasteiger partial charge in [0.15, 0.2) is 6.23 Å². The summed E-state index contributed by atoms with van der Waals surface area (Å²) in [4.78, 5) is 12.3. The highest BCUT2D eigenvalue weighted by Gasteiger charge is 2.39. The molecule has 0 radical (unpaired) electrons. The Balaban J connectivity index is 1.68. The lowest BCUT2D eigenvalue weighted by Gasteiger charge is -2.33. The van der Waals surface area contributed by atoms with Gasteiger partial charge < -0.3 is 20.3 Å². The topological polar surface area (TPSA) is 96.6 Å². The zero-order chi connectivity index (χ0) is 18.6. The zero-order valence-electron chi connectivity index (χ0n) is 14.4. The van der Waals surface area contributed by atoms with E-state index in [0.717, 1.165) is 0 Å². The predicted octanol–water partition coefficient (Wildman–Crippen LogP) is 1.10. The number of rotatable bonds is 4. The molecule has 1 aliphatic carbocycles. The Hall–Kier alpha value is -2.29. The quantitative estimate of drug-likeness (QED) is 0.758. The molecule has 1 aliphatic heterocycles. The van der Waals surface area contributed by atoms with E-state index in [4.69, 9.17) is 4.74 Å². The smallest absolute Gasteiger partial charge is 0.254 e. The van der Waals surface area contributed by atoms with E-state index in [-0.39, 0.29) is 22.8 Å². The Morgan fingerprint density at radius 2 is 2.12 bits per heavy atom. The Kier molecular flexibility index (Phi) is 3.87. The van der Waals surface area contributed by atoms with Crippen molar-refractivity contribution in [2.24, 2.45) is 7.05 Å². The summed E-state index contributed by atoms with van der Waals surface area (Å²) in [6.07, 6.45) is 2.58. The van der Waals surface area contributed by atoms with E-state index < -0.39 is 29.7 Å². The summed E-state index contributed by atoms with van der Waals surface area (Å²) in [7, 11) is 1.72. The number of aromatic nitrogens is 2. The molecule has 26 heavy (non-hydrogen) atoms. The van der Waals surface area contributed by atoms with Crippen LogP contribution in [0.25, 0.3) is 0 Å². The van der Waals surface area contributed by atoms with Gasteiger partial charge in [-0.2, -0.15) is 5.10 Å². The van der Waals surface area contributed by atoms with Gasteiger partial charge in [0.1, 0.15) is 11.4 Å². The first-order valence-corrected chi connectivity index (χ1v) is 8.45. The number of nitrogens with zero attached hydrogens (tertiary/aromatic N) is 2. The van der Waals surface area contributed by atoms with Crippen LogP contribution < -0.4 is 5.32 Å². The number of aryl methyl sites for hydroxylation is 1. The van der Waals surface area contributed by atoms with Gasteiger partial charge in [0, 0.05) is 24.4 Å². The molecule has 2 aromatic rings. The molecule has 1 saturated carbocycles. The Morgan fingerprint density at radius 3 is 2.73 bits per heavy atom. The number of halogens is 1. The Morgan fingerprint density at radius 1 is 1.38 bits per heavy atom. The van der Waals surface area contributed by atoms with Gasteiger partial charge in [0.05, 0.1) is 24.0 Å². The molecule has 2 unspecified atom stereocenters. The number of hydrogen-bond donors (Lipinski definition) is 3. The maximum Gasteiger partial charge on any atom is 0.254 e. The average molecular weight is 361 g/mol. The number of amides is 1. The number of aliphatic hydroxyl groups excluding tert-OH is 1. The lowest BCUT2D eigenvalue weighted by Crippen LogP contribution is -2.38. The molecule has 4 rings (SSSR count). The van der Waals surface area contributed by atoms with Gasteiger partial charge in [0.2, 0.25) is 0 Å². The van der Waals surface area contributed by atoms with Crippen LogP contribution in [0.4, 0.5) is 4.39 Å². The molecule has 0 saturated heterocycles. The second kappa shape index (κ2) is 5.87. The van der Waals surface area contributed by atoms with Crippen LogP contribution in [0.1, 0.15) is 53.0 Å². The number of hydrogen-bond acceptors (Lipinski definition) is 5. The number of fused-ring (bicyclic) bond motifs is 1. The van der Waals surface area contributed by atoms with Gasteiger partial charge in [-0.3, -0.25) is 9.48 Å². The van der Waals surface area contributed by atoms with Crippen molar-refractivity contribution in [3.05, 3.63) is 52.6 Å². The minimum Gasteiger partial charge on any atom is -0.393 e. The van der Waals surface area contributed by atoms with Crippen molar-refractivity contribution < 1.29 is 24.1 Å². The molecular weight excluding hydrogens is 341 g/mol. The van der Waals surface area contributed by atoms with E-state index >= 15 is 0 Å². The van der Waals surface area contributed by atoms with Gasteiger partial charge in [0.25, 0.3) is 5.91 Å². The number of carbonyl (C=O) groups excluding carboxylic acids is 1. The van der Waals surface area contributed by atoms with Gasteiger partial charge in [-0.1, -0.05) is 0 Å². The minimum atomic E-state index is -1.50. The van der Waals surface area contributed by atoms with Gasteiger partial charge in [-0.25, -0.2) is 4.39 Å². The molecule has 3 N–H and O–H groups in total. The van der Waals surface area contributed by atoms with Crippen molar-refractivity contribution >= 4 is 5.91 Å². The van der Waals surface area contributed by atoms with Crippen molar-refractivity contribution in [3.8, 4) is 0 Å². The van der Waals surface area contributed by atoms with E-state index in [0.29, 0.717) is 18.4 Å². The largest absolute Gasteiger partial charge is 0.393 e. The van der Waals surface area contributed by atoms with E-state index in [2.05, 4.69) is 10.4 Å². The molecular formula is C18H20FN3O4. The van der Waals surface area contributed by atoms with Gasteiger partial charge in [-0.05, 0) is 37.5 Å². The number of ether oxygens (including phenoxy) is 1. The second-order valence-electron chi connectivity index (χ2n) is 7.13. The van der Waals surface area contributed by atoms with Crippen molar-refractivity contribution in [3.63, 3.8) is 0 Å². The monoisotopic (exact) mass is 361 g/mol. The molecule has 2 atom stereocenters. The molecule has 0 bridgehead atoms. The van der Waals surface area contributed by atoms with Crippen LogP contribution in [0.3, 0.4) is 0 Å². The molecule has 1 aromatic carbocycles. The van der Waals surface area contributed by atoms with Crippen LogP contribution in [-0.4, -0.2) is 38.1 Å². The average Bonchev–Trinajstić information content (AvgIpc) is 3.11. The number of nitrogens with one attached hydrogen (secondary N) is 1. The lowest BCUT2D eigenvalue weighted by atomic mass is 9.88. The highest BCUT2D eigenvalue weighted by molar-refractivity contribution is 5.99. The summed E-state index contributed by atoms with van der Waals surface area (Å²) in [5.74, 6) is -1.07. The van der Waals surface area contributed by atoms with E-state index in [1.165, 1.54) is 29.9 Å². The lowest BCUT2D eigenvalue weighted by molar-refractivity contribution is -0.110. The van der Waals surface area contributed by atoms with Crippen LogP contribution >= 0.6 is 0 Å². The summed E-state index contributed by atoms with van der Waals surface area (Å²) in [6, 6.07) is 2.71. The third-order valence-corrected chi connectivity index (χ3v) is 5.13. The van der Waals surface area contributed by atoms with E-state index in [1.807, 2.05) is 0 Å². The molecule has 1 fully saturated rings. The standard InChI is InChI=1S/C18H20FN3O4/c1-18(25,10-7-20-22(2)8-10)9-3-13-15(14(19)4-9)17(21-16(13)24)26-12-5-11(23)6-12/h3-4,7-8,11-12,17,23,25H,5-6H2,1-2H3,(H,21,24). The van der Waals surface area contributed by atoms with Crippen molar-refractivity contribution in [1.82, 2.24) is 15.1 Å². The molecule has 2 heterocycles. The number of carbonyl (C=O) groups is 1. The van der Waals surface area contributed by atoms with Gasteiger partial charge in [-0.15, -0.1) is 0 Å². The first kappa shape index (κ1) is 17.1. The highest BCUT2D eigenvalue weighted by atomic mass is 19.1. The fraction of sp³-hybridized carbons (Fsp3) is 0.444. The van der Waals surface area contributed by atoms with Crippen LogP contribution in [0.15, 0.2) is 24.5 Å². The van der Waals surface area contributed by atoms with Crippen LogP contribution in [0, 0.1) is 5.82 Å². The van der Waals surface area contributed by atoms with Crippen LogP contribution in [0.5, 0.6) is 0 Å². The molecule has 0 spiro atoms. The fourth-order valence-electron chi connectivity index (χ4n) is 3.41. The summed E-state index contributed by atoms with van der Waals surface area (Å²) in [6.45, 7) is 1.53. The maximum absolute atomic E-state index is 14.8. The number of aliphatic hydroxyl groups is 2. The second-order valence-corrected chi connectivity index (χ2v) is 7.13. The van der Waals surface area contributed by atoms with Crippen molar-refractivity contribution in [2.45, 2.75) is 43.8 Å². The van der Waals surface area contributed by atoms with E-state index in [9.17, 15) is 19.4 Å². The summed E-state index contributed by atoms with van der Waals surface area (Å²) in [5.41, 5.74) is -0.455. The first-order valence-electron chi connectivity index (χ1n) is 8.45. The molecule has 138 valence electrons. The SMILES string of the molecule is Cn1cc(C(C)(O)c2cc(F)c3c(c2)C(=O)NC3OC2CC(O)C2)cn1. The van der Waals surface area contributed by atoms with Crippen molar-refractivity contribution in [2.75, 3.05) is 0 Å². The van der Waals surface area contributed by atoms with E-state index in [1.54, 1.807) is 13.2 Å². The first-order chi connectivity index (χ1) is 12.3. The fourth-order valence-corrected chi connectivity index (χ4v) is 3.41. The maximum atomic E-state index is 14.8.